The lowest BCUT2D eigenvalue weighted by molar-refractivity contribution is -0.123. The summed E-state index contributed by atoms with van der Waals surface area (Å²) in [5, 5.41) is 2.51. The second kappa shape index (κ2) is 10.5. The van der Waals surface area contributed by atoms with Crippen LogP contribution in [0.1, 0.15) is 5.56 Å². The molecule has 2 aromatic carbocycles. The number of carbonyl (C=O) groups excluding carboxylic acids is 1. The first-order valence-electron chi connectivity index (χ1n) is 9.82. The molecular formula is C21H26FN3O4S. The summed E-state index contributed by atoms with van der Waals surface area (Å²) in [6.45, 7) is 2.59. The zero-order chi connectivity index (χ0) is 21.4. The molecule has 0 radical (unpaired) electrons. The Kier molecular flexibility index (Phi) is 7.78. The highest BCUT2D eigenvalue weighted by molar-refractivity contribution is 7.89. The highest BCUT2D eigenvalue weighted by atomic mass is 32.2. The van der Waals surface area contributed by atoms with E-state index in [1.54, 1.807) is 6.07 Å². The van der Waals surface area contributed by atoms with Gasteiger partial charge in [0.2, 0.25) is 10.0 Å². The minimum atomic E-state index is -3.46. The monoisotopic (exact) mass is 435 g/mol. The number of ether oxygens (including phenoxy) is 1. The van der Waals surface area contributed by atoms with Gasteiger partial charge in [-0.1, -0.05) is 42.5 Å². The summed E-state index contributed by atoms with van der Waals surface area (Å²) in [4.78, 5) is 14.1. The first-order chi connectivity index (χ1) is 14.4. The summed E-state index contributed by atoms with van der Waals surface area (Å²) in [5.74, 6) is -1.26. The van der Waals surface area contributed by atoms with E-state index in [9.17, 15) is 17.6 Å². The second-order valence-electron chi connectivity index (χ2n) is 7.05. The predicted octanol–water partition coefficient (Wildman–Crippen LogP) is 1.47. The number of nitrogens with zero attached hydrogens (tertiary/aromatic N) is 2. The number of piperazine rings is 1. The number of hydrogen-bond acceptors (Lipinski definition) is 5. The molecule has 30 heavy (non-hydrogen) atoms. The van der Waals surface area contributed by atoms with Gasteiger partial charge >= 0.3 is 0 Å². The molecule has 1 fully saturated rings. The van der Waals surface area contributed by atoms with Gasteiger partial charge in [0.05, 0.1) is 5.75 Å². The van der Waals surface area contributed by atoms with Crippen LogP contribution in [0.25, 0.3) is 0 Å². The van der Waals surface area contributed by atoms with Gasteiger partial charge in [-0.05, 0) is 17.7 Å². The number of amides is 1. The summed E-state index contributed by atoms with van der Waals surface area (Å²) >= 11 is 0. The van der Waals surface area contributed by atoms with Gasteiger partial charge in [0.25, 0.3) is 5.91 Å². The van der Waals surface area contributed by atoms with Crippen LogP contribution in [-0.4, -0.2) is 68.6 Å². The lowest BCUT2D eigenvalue weighted by atomic mass is 10.2. The molecule has 0 bridgehead atoms. The number of sulfonamides is 1. The number of carbonyl (C=O) groups is 1. The molecule has 0 aromatic heterocycles. The van der Waals surface area contributed by atoms with E-state index in [-0.39, 0.29) is 24.7 Å². The first kappa shape index (κ1) is 22.2. The number of rotatable bonds is 9. The zero-order valence-corrected chi connectivity index (χ0v) is 17.5. The van der Waals surface area contributed by atoms with Crippen LogP contribution in [0.3, 0.4) is 0 Å². The minimum Gasteiger partial charge on any atom is -0.481 e. The lowest BCUT2D eigenvalue weighted by Gasteiger charge is -2.34. The van der Waals surface area contributed by atoms with Crippen molar-refractivity contribution in [2.75, 3.05) is 45.1 Å². The summed E-state index contributed by atoms with van der Waals surface area (Å²) < 4.78 is 45.1. The van der Waals surface area contributed by atoms with Crippen molar-refractivity contribution in [2.45, 2.75) is 6.54 Å². The fourth-order valence-corrected chi connectivity index (χ4v) is 4.55. The van der Waals surface area contributed by atoms with E-state index < -0.39 is 21.7 Å². The summed E-state index contributed by atoms with van der Waals surface area (Å²) in [7, 11) is -3.46. The van der Waals surface area contributed by atoms with Crippen LogP contribution in [-0.2, 0) is 21.4 Å². The third-order valence-electron chi connectivity index (χ3n) is 4.85. The fraction of sp³-hybridized carbons (Fsp3) is 0.381. The molecule has 7 nitrogen and oxygen atoms in total. The fourth-order valence-electron chi connectivity index (χ4n) is 3.21. The lowest BCUT2D eigenvalue weighted by Crippen LogP contribution is -2.49. The van der Waals surface area contributed by atoms with Gasteiger partial charge < -0.3 is 10.1 Å². The van der Waals surface area contributed by atoms with E-state index in [0.717, 1.165) is 6.54 Å². The molecule has 3 rings (SSSR count). The van der Waals surface area contributed by atoms with Crippen LogP contribution in [0, 0.1) is 5.82 Å². The number of nitrogens with one attached hydrogen (secondary N) is 1. The van der Waals surface area contributed by atoms with E-state index >= 15 is 0 Å². The molecule has 1 aliphatic heterocycles. The Bertz CT molecular complexity index is 932. The van der Waals surface area contributed by atoms with E-state index in [4.69, 9.17) is 4.74 Å². The van der Waals surface area contributed by atoms with Crippen molar-refractivity contribution in [3.63, 3.8) is 0 Å². The molecule has 0 unspecified atom stereocenters. The van der Waals surface area contributed by atoms with Crippen LogP contribution in [0.2, 0.25) is 0 Å². The Balaban J connectivity index is 1.37. The molecule has 1 amide bonds. The van der Waals surface area contributed by atoms with Gasteiger partial charge in [0.15, 0.2) is 18.2 Å². The van der Waals surface area contributed by atoms with Crippen molar-refractivity contribution in [2.24, 2.45) is 0 Å². The average Bonchev–Trinajstić information content (AvgIpc) is 2.74. The molecule has 0 saturated carbocycles. The quantitative estimate of drug-likeness (QED) is 0.645. The van der Waals surface area contributed by atoms with Crippen molar-refractivity contribution < 1.29 is 22.3 Å². The Morgan fingerprint density at radius 1 is 1.00 bits per heavy atom. The SMILES string of the molecule is O=C(COc1ccccc1F)NCCS(=O)(=O)N1CCN(Cc2ccccc2)CC1. The number of hydrogen-bond donors (Lipinski definition) is 1. The van der Waals surface area contributed by atoms with Crippen LogP contribution in [0.4, 0.5) is 4.39 Å². The largest absolute Gasteiger partial charge is 0.481 e. The van der Waals surface area contributed by atoms with Gasteiger partial charge in [-0.25, -0.2) is 12.8 Å². The highest BCUT2D eigenvalue weighted by Gasteiger charge is 2.26. The molecule has 162 valence electrons. The summed E-state index contributed by atoms with van der Waals surface area (Å²) in [6.07, 6.45) is 0. The molecular weight excluding hydrogens is 409 g/mol. The standard InChI is InChI=1S/C21H26FN3O4S/c22-19-8-4-5-9-20(19)29-17-21(26)23-10-15-30(27,28)25-13-11-24(12-14-25)16-18-6-2-1-3-7-18/h1-9H,10-17H2,(H,23,26). The third-order valence-corrected chi connectivity index (χ3v) is 6.72. The Morgan fingerprint density at radius 3 is 2.37 bits per heavy atom. The maximum atomic E-state index is 13.5. The molecule has 1 saturated heterocycles. The number of halogens is 1. The van der Waals surface area contributed by atoms with Crippen molar-refractivity contribution in [3.05, 3.63) is 66.0 Å². The second-order valence-corrected chi connectivity index (χ2v) is 9.13. The molecule has 9 heteroatoms. The zero-order valence-electron chi connectivity index (χ0n) is 16.7. The molecule has 0 aliphatic carbocycles. The van der Waals surface area contributed by atoms with Crippen molar-refractivity contribution in [3.8, 4) is 5.75 Å². The molecule has 0 spiro atoms. The first-order valence-corrected chi connectivity index (χ1v) is 11.4. The van der Waals surface area contributed by atoms with Gasteiger partial charge in [-0.2, -0.15) is 4.31 Å². The summed E-state index contributed by atoms with van der Waals surface area (Å²) in [5.41, 5.74) is 1.20. The molecule has 1 N–H and O–H groups in total. The minimum absolute atomic E-state index is 0.0198. The maximum absolute atomic E-state index is 13.5. The van der Waals surface area contributed by atoms with Gasteiger partial charge in [0, 0.05) is 39.3 Å². The highest BCUT2D eigenvalue weighted by Crippen LogP contribution is 2.15. The number of para-hydroxylation sites is 1. The molecule has 1 aliphatic rings. The molecule has 2 aromatic rings. The maximum Gasteiger partial charge on any atom is 0.257 e. The van der Waals surface area contributed by atoms with Crippen LogP contribution in [0.15, 0.2) is 54.6 Å². The average molecular weight is 436 g/mol. The van der Waals surface area contributed by atoms with Gasteiger partial charge in [-0.3, -0.25) is 9.69 Å². The van der Waals surface area contributed by atoms with E-state index in [1.165, 1.54) is 28.1 Å². The van der Waals surface area contributed by atoms with Crippen molar-refractivity contribution in [1.29, 1.82) is 0 Å². The van der Waals surface area contributed by atoms with Gasteiger partial charge in [0.1, 0.15) is 0 Å². The molecule has 0 atom stereocenters. The van der Waals surface area contributed by atoms with Crippen LogP contribution in [0.5, 0.6) is 5.75 Å². The Morgan fingerprint density at radius 2 is 1.67 bits per heavy atom. The van der Waals surface area contributed by atoms with Crippen molar-refractivity contribution >= 4 is 15.9 Å². The smallest absolute Gasteiger partial charge is 0.257 e. The van der Waals surface area contributed by atoms with E-state index in [0.29, 0.717) is 26.2 Å². The Hall–Kier alpha value is -2.49. The summed E-state index contributed by atoms with van der Waals surface area (Å²) in [6, 6.07) is 15.8. The van der Waals surface area contributed by atoms with Gasteiger partial charge in [-0.15, -0.1) is 0 Å². The third kappa shape index (κ3) is 6.51. The number of benzene rings is 2. The van der Waals surface area contributed by atoms with E-state index in [2.05, 4.69) is 22.3 Å². The van der Waals surface area contributed by atoms with E-state index in [1.807, 2.05) is 18.2 Å². The molecule has 1 heterocycles. The van der Waals surface area contributed by atoms with Crippen LogP contribution >= 0.6 is 0 Å². The van der Waals surface area contributed by atoms with Crippen LogP contribution < -0.4 is 10.1 Å². The normalized spacial score (nSPS) is 15.6. The predicted molar refractivity (Wildman–Crippen MR) is 112 cm³/mol. The topological polar surface area (TPSA) is 78.9 Å². The van der Waals surface area contributed by atoms with Crippen molar-refractivity contribution in [1.82, 2.24) is 14.5 Å². The Labute approximate surface area is 176 Å².